The zero-order valence-electron chi connectivity index (χ0n) is 13.9. The largest absolute Gasteiger partial charge is 0.378 e. The molecular formula is C17H25FN2O4. The van der Waals surface area contributed by atoms with Gasteiger partial charge in [-0.3, -0.25) is 9.59 Å². The van der Waals surface area contributed by atoms with Crippen LogP contribution in [-0.4, -0.2) is 78.9 Å². The summed E-state index contributed by atoms with van der Waals surface area (Å²) in [6.45, 7) is 3.37. The first-order valence-corrected chi connectivity index (χ1v) is 9.07. The first-order valence-electron chi connectivity index (χ1n) is 9.07. The van der Waals surface area contributed by atoms with Crippen LogP contribution < -0.4 is 0 Å². The Balaban J connectivity index is 1.35. The maximum Gasteiger partial charge on any atom is 0.260 e. The third-order valence-corrected chi connectivity index (χ3v) is 5.97. The molecule has 4 fully saturated rings. The molecule has 0 bridgehead atoms. The minimum Gasteiger partial charge on any atom is -0.378 e. The minimum absolute atomic E-state index is 0.0338. The van der Waals surface area contributed by atoms with Crippen molar-refractivity contribution in [3.8, 4) is 0 Å². The van der Waals surface area contributed by atoms with Crippen LogP contribution in [0.2, 0.25) is 0 Å². The number of alkyl halides is 1. The molecule has 3 atom stereocenters. The van der Waals surface area contributed by atoms with E-state index in [4.69, 9.17) is 9.47 Å². The predicted molar refractivity (Wildman–Crippen MR) is 83.1 cm³/mol. The van der Waals surface area contributed by atoms with Crippen LogP contribution in [0, 0.1) is 5.92 Å². The van der Waals surface area contributed by atoms with Crippen LogP contribution in [0.4, 0.5) is 4.39 Å². The average molecular weight is 340 g/mol. The van der Waals surface area contributed by atoms with Gasteiger partial charge in [0.25, 0.3) is 11.8 Å². The molecule has 0 spiro atoms. The minimum atomic E-state index is -1.64. The lowest BCUT2D eigenvalue weighted by atomic mass is 9.80. The number of carbonyl (C=O) groups excluding carboxylic acids is 2. The van der Waals surface area contributed by atoms with Crippen molar-refractivity contribution < 1.29 is 23.5 Å². The fraction of sp³-hybridized carbons (Fsp3) is 0.882. The van der Waals surface area contributed by atoms with E-state index in [1.54, 1.807) is 9.80 Å². The van der Waals surface area contributed by atoms with E-state index in [0.29, 0.717) is 64.6 Å². The van der Waals surface area contributed by atoms with Gasteiger partial charge in [0.1, 0.15) is 6.10 Å². The molecule has 0 aromatic carbocycles. The van der Waals surface area contributed by atoms with Gasteiger partial charge in [-0.2, -0.15) is 0 Å². The highest BCUT2D eigenvalue weighted by atomic mass is 19.1. The zero-order chi connectivity index (χ0) is 16.7. The third-order valence-electron chi connectivity index (χ3n) is 5.97. The molecule has 1 saturated carbocycles. The van der Waals surface area contributed by atoms with Gasteiger partial charge >= 0.3 is 0 Å². The summed E-state index contributed by atoms with van der Waals surface area (Å²) in [6, 6.07) is 0. The number of amides is 2. The number of likely N-dealkylation sites (tertiary alicyclic amines) is 1. The summed E-state index contributed by atoms with van der Waals surface area (Å²) in [7, 11) is 0. The van der Waals surface area contributed by atoms with Crippen molar-refractivity contribution in [1.29, 1.82) is 0 Å². The lowest BCUT2D eigenvalue weighted by Gasteiger charge is -2.41. The van der Waals surface area contributed by atoms with Crippen molar-refractivity contribution in [2.75, 3.05) is 39.4 Å². The molecule has 3 heterocycles. The smallest absolute Gasteiger partial charge is 0.260 e. The number of piperidine rings is 1. The number of ether oxygens (including phenoxy) is 2. The van der Waals surface area contributed by atoms with Crippen LogP contribution >= 0.6 is 0 Å². The predicted octanol–water partition coefficient (Wildman–Crippen LogP) is 0.743. The number of carbonyl (C=O) groups is 2. The highest BCUT2D eigenvalue weighted by Crippen LogP contribution is 2.40. The maximum atomic E-state index is 14.4. The molecule has 0 radical (unpaired) electrons. The van der Waals surface area contributed by atoms with Crippen LogP contribution in [0.1, 0.15) is 32.1 Å². The second-order valence-electron chi connectivity index (χ2n) is 7.46. The third kappa shape index (κ3) is 2.81. The topological polar surface area (TPSA) is 59.1 Å². The Morgan fingerprint density at radius 3 is 2.50 bits per heavy atom. The van der Waals surface area contributed by atoms with E-state index in [1.807, 2.05) is 0 Å². The number of halogens is 1. The first-order chi connectivity index (χ1) is 11.6. The summed E-state index contributed by atoms with van der Waals surface area (Å²) in [5.74, 6) is -0.0497. The Kier molecular flexibility index (Phi) is 4.24. The molecule has 1 aliphatic carbocycles. The van der Waals surface area contributed by atoms with E-state index >= 15 is 0 Å². The normalized spacial score (nSPS) is 35.3. The van der Waals surface area contributed by atoms with Gasteiger partial charge in [-0.25, -0.2) is 4.39 Å². The van der Waals surface area contributed by atoms with E-state index in [2.05, 4.69) is 0 Å². The highest BCUT2D eigenvalue weighted by Gasteiger charge is 2.50. The molecule has 6 nitrogen and oxygen atoms in total. The fourth-order valence-corrected chi connectivity index (χ4v) is 4.25. The molecule has 3 saturated heterocycles. The van der Waals surface area contributed by atoms with Crippen LogP contribution in [0.3, 0.4) is 0 Å². The van der Waals surface area contributed by atoms with Crippen molar-refractivity contribution in [3.05, 3.63) is 0 Å². The average Bonchev–Trinajstić information content (AvgIpc) is 3.02. The Labute approximate surface area is 141 Å². The molecule has 4 rings (SSSR count). The molecule has 0 aromatic heterocycles. The van der Waals surface area contributed by atoms with E-state index < -0.39 is 11.8 Å². The van der Waals surface area contributed by atoms with E-state index in [-0.39, 0.29) is 17.9 Å². The lowest BCUT2D eigenvalue weighted by molar-refractivity contribution is -0.156. The van der Waals surface area contributed by atoms with Gasteiger partial charge in [0.2, 0.25) is 0 Å². The van der Waals surface area contributed by atoms with Crippen molar-refractivity contribution in [1.82, 2.24) is 9.80 Å². The quantitative estimate of drug-likeness (QED) is 0.744. The van der Waals surface area contributed by atoms with Crippen molar-refractivity contribution in [2.45, 2.75) is 50.0 Å². The zero-order valence-corrected chi connectivity index (χ0v) is 13.9. The van der Waals surface area contributed by atoms with Crippen LogP contribution in [0.25, 0.3) is 0 Å². The summed E-state index contributed by atoms with van der Waals surface area (Å²) < 4.78 is 25.6. The lowest BCUT2D eigenvalue weighted by Crippen LogP contribution is -2.55. The summed E-state index contributed by atoms with van der Waals surface area (Å²) in [4.78, 5) is 28.4. The molecule has 1 unspecified atom stereocenters. The second-order valence-corrected chi connectivity index (χ2v) is 7.46. The molecule has 0 N–H and O–H groups in total. The molecule has 0 aromatic rings. The molecule has 4 aliphatic rings. The number of rotatable bonds is 2. The van der Waals surface area contributed by atoms with Crippen LogP contribution in [0.15, 0.2) is 0 Å². The Morgan fingerprint density at radius 1 is 1.08 bits per heavy atom. The summed E-state index contributed by atoms with van der Waals surface area (Å²) in [5.41, 5.74) is -1.64. The van der Waals surface area contributed by atoms with Gasteiger partial charge in [0.15, 0.2) is 5.67 Å². The van der Waals surface area contributed by atoms with E-state index in [9.17, 15) is 14.0 Å². The Bertz CT molecular complexity index is 519. The molecule has 3 aliphatic heterocycles. The molecule has 2 amide bonds. The van der Waals surface area contributed by atoms with Crippen LogP contribution in [0.5, 0.6) is 0 Å². The number of morpholine rings is 1. The number of hydrogen-bond acceptors (Lipinski definition) is 4. The van der Waals surface area contributed by atoms with E-state index in [0.717, 1.165) is 12.8 Å². The summed E-state index contributed by atoms with van der Waals surface area (Å²) in [5, 5.41) is 0. The standard InChI is InChI=1S/C17H25FN2O4/c18-17(3-1-4-17)16(22)20-5-2-12-10-13(24-14(12)11-20)15(21)19-6-8-23-9-7-19/h12-14H,1-11H2/t12-,13?,14-/m0/s1. The van der Waals surface area contributed by atoms with Gasteiger partial charge in [-0.15, -0.1) is 0 Å². The molecule has 134 valence electrons. The molecule has 24 heavy (non-hydrogen) atoms. The van der Waals surface area contributed by atoms with Gasteiger partial charge in [0.05, 0.1) is 19.3 Å². The number of hydrogen-bond donors (Lipinski definition) is 0. The van der Waals surface area contributed by atoms with Crippen molar-refractivity contribution >= 4 is 11.8 Å². The van der Waals surface area contributed by atoms with Gasteiger partial charge in [-0.1, -0.05) is 0 Å². The highest BCUT2D eigenvalue weighted by molar-refractivity contribution is 5.86. The fourth-order valence-electron chi connectivity index (χ4n) is 4.25. The Hall–Kier alpha value is -1.21. The monoisotopic (exact) mass is 340 g/mol. The Morgan fingerprint density at radius 2 is 1.83 bits per heavy atom. The van der Waals surface area contributed by atoms with Crippen molar-refractivity contribution in [2.24, 2.45) is 5.92 Å². The molecule has 7 heteroatoms. The molecular weight excluding hydrogens is 315 g/mol. The van der Waals surface area contributed by atoms with Gasteiger partial charge in [0, 0.05) is 26.2 Å². The van der Waals surface area contributed by atoms with Crippen LogP contribution in [-0.2, 0) is 19.1 Å². The van der Waals surface area contributed by atoms with Gasteiger partial charge in [-0.05, 0) is 38.0 Å². The second kappa shape index (κ2) is 6.26. The van der Waals surface area contributed by atoms with Crippen molar-refractivity contribution in [3.63, 3.8) is 0 Å². The maximum absolute atomic E-state index is 14.4. The van der Waals surface area contributed by atoms with Gasteiger partial charge < -0.3 is 19.3 Å². The number of fused-ring (bicyclic) bond motifs is 1. The summed E-state index contributed by atoms with van der Waals surface area (Å²) >= 11 is 0. The number of nitrogens with zero attached hydrogens (tertiary/aromatic N) is 2. The summed E-state index contributed by atoms with van der Waals surface area (Å²) in [6.07, 6.45) is 2.42. The van der Waals surface area contributed by atoms with E-state index in [1.165, 1.54) is 0 Å². The SMILES string of the molecule is O=C(C1C[C@@H]2CCN(C(=O)C3(F)CCC3)C[C@@H]2O1)N1CCOCC1. The first kappa shape index (κ1) is 16.3.